The van der Waals surface area contributed by atoms with E-state index in [4.69, 9.17) is 4.42 Å². The number of furan rings is 1. The zero-order valence-corrected chi connectivity index (χ0v) is 9.07. The van der Waals surface area contributed by atoms with Gasteiger partial charge in [-0.25, -0.2) is 0 Å². The van der Waals surface area contributed by atoms with Crippen LogP contribution in [0.2, 0.25) is 0 Å². The number of aromatic hydroxyl groups is 1. The molecule has 0 radical (unpaired) electrons. The Labute approximate surface area is 96.8 Å². The van der Waals surface area contributed by atoms with Crippen molar-refractivity contribution in [2.75, 3.05) is 0 Å². The highest BCUT2D eigenvalue weighted by Gasteiger charge is 2.33. The lowest BCUT2D eigenvalue weighted by Crippen LogP contribution is -2.13. The van der Waals surface area contributed by atoms with Gasteiger partial charge in [0.25, 0.3) is 5.91 Å². The largest absolute Gasteiger partial charge is 0.494 e. The van der Waals surface area contributed by atoms with Gasteiger partial charge in [0.15, 0.2) is 11.6 Å². The molecule has 0 unspecified atom stereocenters. The summed E-state index contributed by atoms with van der Waals surface area (Å²) in [5.74, 6) is 0.253. The van der Waals surface area contributed by atoms with Gasteiger partial charge < -0.3 is 19.8 Å². The summed E-state index contributed by atoms with van der Waals surface area (Å²) in [6, 6.07) is 3.45. The Morgan fingerprint density at radius 2 is 2.24 bits per heavy atom. The van der Waals surface area contributed by atoms with Crippen LogP contribution in [0.15, 0.2) is 28.9 Å². The molecule has 5 heteroatoms. The van der Waals surface area contributed by atoms with Crippen LogP contribution in [-0.4, -0.2) is 16.0 Å². The lowest BCUT2D eigenvalue weighted by Gasteiger charge is -1.98. The first-order valence-electron chi connectivity index (χ1n) is 5.19. The van der Waals surface area contributed by atoms with Crippen molar-refractivity contribution in [3.8, 4) is 17.3 Å². The molecule has 0 saturated carbocycles. The number of H-pyrrole nitrogens is 1. The van der Waals surface area contributed by atoms with Gasteiger partial charge in [0.05, 0.1) is 28.8 Å². The Balaban J connectivity index is 2.29. The highest BCUT2D eigenvalue weighted by Crippen LogP contribution is 2.39. The van der Waals surface area contributed by atoms with E-state index in [-0.39, 0.29) is 11.8 Å². The van der Waals surface area contributed by atoms with Crippen LogP contribution < -0.4 is 5.32 Å². The van der Waals surface area contributed by atoms with E-state index >= 15 is 0 Å². The van der Waals surface area contributed by atoms with Crippen molar-refractivity contribution >= 4 is 11.6 Å². The monoisotopic (exact) mass is 230 g/mol. The smallest absolute Gasteiger partial charge is 0.258 e. The molecule has 5 nitrogen and oxygen atoms in total. The fourth-order valence-corrected chi connectivity index (χ4v) is 2.05. The second-order valence-electron chi connectivity index (χ2n) is 3.73. The van der Waals surface area contributed by atoms with Crippen LogP contribution in [0.1, 0.15) is 22.8 Å². The highest BCUT2D eigenvalue weighted by molar-refractivity contribution is 6.14. The van der Waals surface area contributed by atoms with Gasteiger partial charge in [-0.2, -0.15) is 0 Å². The van der Waals surface area contributed by atoms with Crippen LogP contribution in [0.3, 0.4) is 0 Å². The summed E-state index contributed by atoms with van der Waals surface area (Å²) in [6.45, 7) is 1.80. The van der Waals surface area contributed by atoms with Crippen LogP contribution in [0.5, 0.6) is 5.88 Å². The Kier molecular flexibility index (Phi) is 1.89. The van der Waals surface area contributed by atoms with Gasteiger partial charge in [0.2, 0.25) is 0 Å². The SMILES string of the molecule is CC=C1NC(=O)c2c(-c3ccco3)[nH]c(O)c21. The first-order valence-corrected chi connectivity index (χ1v) is 5.19. The van der Waals surface area contributed by atoms with Gasteiger partial charge in [-0.1, -0.05) is 6.08 Å². The van der Waals surface area contributed by atoms with E-state index in [0.717, 1.165) is 0 Å². The molecule has 3 N–H and O–H groups in total. The minimum atomic E-state index is -0.240. The van der Waals surface area contributed by atoms with Crippen molar-refractivity contribution in [1.82, 2.24) is 10.3 Å². The maximum absolute atomic E-state index is 11.8. The van der Waals surface area contributed by atoms with Crippen molar-refractivity contribution < 1.29 is 14.3 Å². The average molecular weight is 230 g/mol. The van der Waals surface area contributed by atoms with Crippen LogP contribution in [0.4, 0.5) is 0 Å². The molecular weight excluding hydrogens is 220 g/mol. The Morgan fingerprint density at radius 3 is 2.88 bits per heavy atom. The molecule has 0 atom stereocenters. The number of carbonyl (C=O) groups excluding carboxylic acids is 1. The molecule has 1 aliphatic heterocycles. The first-order chi connectivity index (χ1) is 8.22. The van der Waals surface area contributed by atoms with E-state index in [9.17, 15) is 9.90 Å². The molecule has 0 spiro atoms. The van der Waals surface area contributed by atoms with E-state index in [2.05, 4.69) is 10.3 Å². The fourth-order valence-electron chi connectivity index (χ4n) is 2.05. The van der Waals surface area contributed by atoms with Crippen LogP contribution in [-0.2, 0) is 0 Å². The maximum atomic E-state index is 11.8. The van der Waals surface area contributed by atoms with Gasteiger partial charge in [-0.3, -0.25) is 4.79 Å². The molecule has 1 aliphatic rings. The zero-order chi connectivity index (χ0) is 12.0. The Morgan fingerprint density at radius 1 is 1.41 bits per heavy atom. The van der Waals surface area contributed by atoms with Gasteiger partial charge in [0, 0.05) is 0 Å². The topological polar surface area (TPSA) is 78.3 Å². The summed E-state index contributed by atoms with van der Waals surface area (Å²) >= 11 is 0. The summed E-state index contributed by atoms with van der Waals surface area (Å²) < 4.78 is 5.23. The number of allylic oxidation sites excluding steroid dienone is 1. The predicted octanol–water partition coefficient (Wildman–Crippen LogP) is 2.08. The summed E-state index contributed by atoms with van der Waals surface area (Å²) in [6.07, 6.45) is 3.26. The molecule has 2 aromatic heterocycles. The second kappa shape index (κ2) is 3.28. The van der Waals surface area contributed by atoms with Crippen molar-refractivity contribution in [3.63, 3.8) is 0 Å². The number of carbonyl (C=O) groups is 1. The molecule has 17 heavy (non-hydrogen) atoms. The molecule has 1 amide bonds. The molecule has 2 aromatic rings. The first kappa shape index (κ1) is 9.77. The van der Waals surface area contributed by atoms with E-state index in [1.54, 1.807) is 25.1 Å². The third-order valence-electron chi connectivity index (χ3n) is 2.78. The third-order valence-corrected chi connectivity index (χ3v) is 2.78. The lowest BCUT2D eigenvalue weighted by molar-refractivity contribution is 0.0981. The number of fused-ring (bicyclic) bond motifs is 1. The number of hydrogen-bond donors (Lipinski definition) is 3. The summed E-state index contributed by atoms with van der Waals surface area (Å²) in [4.78, 5) is 14.6. The molecule has 0 aliphatic carbocycles. The van der Waals surface area contributed by atoms with Crippen molar-refractivity contribution in [3.05, 3.63) is 35.6 Å². The number of aromatic nitrogens is 1. The maximum Gasteiger partial charge on any atom is 0.258 e. The van der Waals surface area contributed by atoms with Crippen LogP contribution in [0, 0.1) is 0 Å². The quantitative estimate of drug-likeness (QED) is 0.701. The zero-order valence-electron chi connectivity index (χ0n) is 9.07. The lowest BCUT2D eigenvalue weighted by atomic mass is 10.1. The van der Waals surface area contributed by atoms with E-state index in [1.165, 1.54) is 6.26 Å². The predicted molar refractivity (Wildman–Crippen MR) is 61.3 cm³/mol. The Hall–Kier alpha value is -2.43. The molecule has 0 saturated heterocycles. The average Bonchev–Trinajstić information content (AvgIpc) is 2.97. The molecular formula is C12H10N2O3. The fraction of sp³-hybridized carbons (Fsp3) is 0.0833. The standard InChI is InChI=1S/C12H10N2O3/c1-2-6-8-9(12(16)13-6)10(14-11(8)15)7-4-3-5-17-7/h2-5,14-15H,1H3,(H,13,16). The molecule has 0 aromatic carbocycles. The summed E-state index contributed by atoms with van der Waals surface area (Å²) in [5, 5.41) is 12.5. The summed E-state index contributed by atoms with van der Waals surface area (Å²) in [5.41, 5.74) is 2.03. The number of hydrogen-bond acceptors (Lipinski definition) is 3. The molecule has 86 valence electrons. The minimum absolute atomic E-state index is 0.0298. The summed E-state index contributed by atoms with van der Waals surface area (Å²) in [7, 11) is 0. The highest BCUT2D eigenvalue weighted by atomic mass is 16.3. The van der Waals surface area contributed by atoms with Gasteiger partial charge in [-0.05, 0) is 19.1 Å². The van der Waals surface area contributed by atoms with Gasteiger partial charge >= 0.3 is 0 Å². The molecule has 3 rings (SSSR count). The van der Waals surface area contributed by atoms with Crippen molar-refractivity contribution in [2.24, 2.45) is 0 Å². The molecule has 0 bridgehead atoms. The van der Waals surface area contributed by atoms with E-state index in [0.29, 0.717) is 28.3 Å². The van der Waals surface area contributed by atoms with Gasteiger partial charge in [0.1, 0.15) is 0 Å². The van der Waals surface area contributed by atoms with E-state index < -0.39 is 0 Å². The van der Waals surface area contributed by atoms with Crippen LogP contribution >= 0.6 is 0 Å². The number of rotatable bonds is 1. The normalized spacial score (nSPS) is 16.3. The van der Waals surface area contributed by atoms with Crippen molar-refractivity contribution in [2.45, 2.75) is 6.92 Å². The van der Waals surface area contributed by atoms with Crippen molar-refractivity contribution in [1.29, 1.82) is 0 Å². The second-order valence-corrected chi connectivity index (χ2v) is 3.73. The minimum Gasteiger partial charge on any atom is -0.494 e. The number of amides is 1. The van der Waals surface area contributed by atoms with E-state index in [1.807, 2.05) is 0 Å². The Bertz CT molecular complexity index is 620. The van der Waals surface area contributed by atoms with Crippen LogP contribution in [0.25, 0.3) is 17.2 Å². The third kappa shape index (κ3) is 1.22. The number of nitrogens with one attached hydrogen (secondary N) is 2. The molecule has 3 heterocycles. The number of aromatic amines is 1. The van der Waals surface area contributed by atoms with Gasteiger partial charge in [-0.15, -0.1) is 0 Å². The molecule has 0 fully saturated rings.